The number of ether oxygens (including phenoxy) is 1. The monoisotopic (exact) mass is 388 g/mol. The quantitative estimate of drug-likeness (QED) is 0.829. The summed E-state index contributed by atoms with van der Waals surface area (Å²) in [5, 5.41) is 7.87. The molecule has 2 atom stereocenters. The van der Waals surface area contributed by atoms with Crippen molar-refractivity contribution in [2.45, 2.75) is 45.8 Å². The zero-order chi connectivity index (χ0) is 16.3. The third-order valence-corrected chi connectivity index (χ3v) is 5.50. The van der Waals surface area contributed by atoms with Crippen molar-refractivity contribution in [1.29, 1.82) is 0 Å². The molecule has 0 bridgehead atoms. The molecule has 1 aliphatic heterocycles. The van der Waals surface area contributed by atoms with E-state index in [1.54, 1.807) is 11.3 Å². The molecular weight excluding hydrogens is 364 g/mol. The Hall–Kier alpha value is -0.590. The first kappa shape index (κ1) is 17.8. The van der Waals surface area contributed by atoms with E-state index >= 15 is 0 Å². The molecule has 2 rings (SSSR count). The summed E-state index contributed by atoms with van der Waals surface area (Å²) in [6, 6.07) is 0.276. The van der Waals surface area contributed by atoms with Crippen molar-refractivity contribution in [2.24, 2.45) is 5.92 Å². The topological polar surface area (TPSA) is 41.6 Å². The molecule has 0 saturated carbocycles. The normalized spacial score (nSPS) is 20.2. The Morgan fingerprint density at radius 3 is 2.82 bits per heavy atom. The number of nitrogens with one attached hydrogen (secondary N) is 1. The molecule has 1 saturated heterocycles. The van der Waals surface area contributed by atoms with Crippen LogP contribution in [0.1, 0.15) is 45.7 Å². The van der Waals surface area contributed by atoms with Crippen LogP contribution in [0.5, 0.6) is 0 Å². The first-order chi connectivity index (χ1) is 10.3. The summed E-state index contributed by atoms with van der Waals surface area (Å²) in [4.78, 5) is 14.1. The van der Waals surface area contributed by atoms with E-state index < -0.39 is 5.60 Å². The third-order valence-electron chi connectivity index (χ3n) is 3.75. The van der Waals surface area contributed by atoms with E-state index in [1.165, 1.54) is 5.56 Å². The Bertz CT molecular complexity index is 512. The number of halogens is 1. The molecule has 1 fully saturated rings. The van der Waals surface area contributed by atoms with Crippen molar-refractivity contribution in [3.05, 3.63) is 20.8 Å². The Morgan fingerprint density at radius 1 is 1.55 bits per heavy atom. The molecule has 1 aromatic rings. The number of carbonyl (C=O) groups is 1. The van der Waals surface area contributed by atoms with E-state index in [0.717, 1.165) is 30.5 Å². The van der Waals surface area contributed by atoms with Crippen LogP contribution >= 0.6 is 27.3 Å². The number of hydrogen-bond acceptors (Lipinski definition) is 4. The van der Waals surface area contributed by atoms with Gasteiger partial charge in [0, 0.05) is 29.0 Å². The van der Waals surface area contributed by atoms with E-state index in [-0.39, 0.29) is 12.1 Å². The highest BCUT2D eigenvalue weighted by molar-refractivity contribution is 9.10. The lowest BCUT2D eigenvalue weighted by atomic mass is 9.94. The summed E-state index contributed by atoms with van der Waals surface area (Å²) in [7, 11) is 0. The highest BCUT2D eigenvalue weighted by Gasteiger charge is 2.35. The minimum Gasteiger partial charge on any atom is -0.444 e. The summed E-state index contributed by atoms with van der Waals surface area (Å²) in [5.41, 5.74) is 0.856. The molecule has 1 amide bonds. The Labute approximate surface area is 145 Å². The van der Waals surface area contributed by atoms with Gasteiger partial charge in [-0.2, -0.15) is 11.3 Å². The molecule has 124 valence electrons. The van der Waals surface area contributed by atoms with Gasteiger partial charge in [0.1, 0.15) is 5.60 Å². The maximum atomic E-state index is 12.2. The maximum absolute atomic E-state index is 12.2. The van der Waals surface area contributed by atoms with Gasteiger partial charge in [0.25, 0.3) is 0 Å². The second kappa shape index (κ2) is 7.32. The van der Waals surface area contributed by atoms with Crippen LogP contribution in [0.3, 0.4) is 0 Å². The van der Waals surface area contributed by atoms with Crippen molar-refractivity contribution in [3.8, 4) is 0 Å². The second-order valence-corrected chi connectivity index (χ2v) is 8.28. The molecule has 4 nitrogen and oxygen atoms in total. The minimum atomic E-state index is -0.438. The average Bonchev–Trinajstić information content (AvgIpc) is 3.03. The van der Waals surface area contributed by atoms with Gasteiger partial charge in [-0.15, -0.1) is 0 Å². The van der Waals surface area contributed by atoms with Gasteiger partial charge in [0.15, 0.2) is 0 Å². The number of thiophene rings is 1. The van der Waals surface area contributed by atoms with E-state index in [4.69, 9.17) is 4.74 Å². The fourth-order valence-electron chi connectivity index (χ4n) is 2.82. The summed E-state index contributed by atoms with van der Waals surface area (Å²) in [6.45, 7) is 10.3. The third kappa shape index (κ3) is 4.46. The smallest absolute Gasteiger partial charge is 0.410 e. The van der Waals surface area contributed by atoms with E-state index in [2.05, 4.69) is 38.9 Å². The molecule has 2 heterocycles. The number of amides is 1. The summed E-state index contributed by atoms with van der Waals surface area (Å²) in [6.07, 6.45) is 0.800. The summed E-state index contributed by atoms with van der Waals surface area (Å²) < 4.78 is 6.64. The van der Waals surface area contributed by atoms with Crippen LogP contribution in [-0.2, 0) is 4.74 Å². The number of likely N-dealkylation sites (tertiary alicyclic amines) is 1. The van der Waals surface area contributed by atoms with Crippen molar-refractivity contribution in [3.63, 3.8) is 0 Å². The van der Waals surface area contributed by atoms with Crippen LogP contribution in [0, 0.1) is 5.92 Å². The zero-order valence-corrected chi connectivity index (χ0v) is 16.1. The number of hydrogen-bond donors (Lipinski definition) is 1. The van der Waals surface area contributed by atoms with E-state index in [9.17, 15) is 4.79 Å². The Kier molecular flexibility index (Phi) is 5.91. The van der Waals surface area contributed by atoms with Crippen molar-refractivity contribution in [1.82, 2.24) is 10.2 Å². The standard InChI is InChI=1S/C16H25BrN2O2S/c1-5-18-14(12-9-22-10-13(12)17)11-6-7-19(8-11)15(20)21-16(2,3)4/h9-11,14,18H,5-8H2,1-4H3. The molecule has 1 N–H and O–H groups in total. The molecule has 0 aromatic carbocycles. The molecule has 22 heavy (non-hydrogen) atoms. The van der Waals surface area contributed by atoms with Crippen molar-refractivity contribution in [2.75, 3.05) is 19.6 Å². The van der Waals surface area contributed by atoms with Gasteiger partial charge in [0.2, 0.25) is 0 Å². The molecule has 0 radical (unpaired) electrons. The van der Waals surface area contributed by atoms with Crippen molar-refractivity contribution < 1.29 is 9.53 Å². The molecular formula is C16H25BrN2O2S. The highest BCUT2D eigenvalue weighted by Crippen LogP contribution is 2.36. The van der Waals surface area contributed by atoms with Crippen LogP contribution in [-0.4, -0.2) is 36.2 Å². The molecule has 2 unspecified atom stereocenters. The van der Waals surface area contributed by atoms with Gasteiger partial charge in [-0.25, -0.2) is 4.79 Å². The minimum absolute atomic E-state index is 0.199. The average molecular weight is 389 g/mol. The summed E-state index contributed by atoms with van der Waals surface area (Å²) >= 11 is 5.34. The Balaban J connectivity index is 2.04. The highest BCUT2D eigenvalue weighted by atomic mass is 79.9. The molecule has 0 spiro atoms. The largest absolute Gasteiger partial charge is 0.444 e. The predicted molar refractivity (Wildman–Crippen MR) is 94.4 cm³/mol. The van der Waals surface area contributed by atoms with Gasteiger partial charge in [0.05, 0.1) is 0 Å². The lowest BCUT2D eigenvalue weighted by Gasteiger charge is -2.26. The lowest BCUT2D eigenvalue weighted by molar-refractivity contribution is 0.0285. The van der Waals surface area contributed by atoms with E-state index in [1.807, 2.05) is 25.7 Å². The van der Waals surface area contributed by atoms with Crippen LogP contribution in [0.25, 0.3) is 0 Å². The lowest BCUT2D eigenvalue weighted by Crippen LogP contribution is -2.36. The van der Waals surface area contributed by atoms with Crippen LogP contribution < -0.4 is 5.32 Å². The van der Waals surface area contributed by atoms with E-state index in [0.29, 0.717) is 5.92 Å². The molecule has 1 aromatic heterocycles. The second-order valence-electron chi connectivity index (χ2n) is 6.69. The fourth-order valence-corrected chi connectivity index (χ4v) is 4.40. The maximum Gasteiger partial charge on any atom is 0.410 e. The van der Waals surface area contributed by atoms with Crippen LogP contribution in [0.15, 0.2) is 15.2 Å². The van der Waals surface area contributed by atoms with Crippen LogP contribution in [0.2, 0.25) is 0 Å². The SMILES string of the molecule is CCNC(c1cscc1Br)C1CCN(C(=O)OC(C)(C)C)C1. The summed E-state index contributed by atoms with van der Waals surface area (Å²) in [5.74, 6) is 0.415. The molecule has 0 aliphatic carbocycles. The fraction of sp³-hybridized carbons (Fsp3) is 0.688. The number of rotatable bonds is 4. The van der Waals surface area contributed by atoms with Crippen LogP contribution in [0.4, 0.5) is 4.79 Å². The number of carbonyl (C=O) groups excluding carboxylic acids is 1. The first-order valence-corrected chi connectivity index (χ1v) is 9.48. The zero-order valence-electron chi connectivity index (χ0n) is 13.7. The predicted octanol–water partition coefficient (Wildman–Crippen LogP) is 4.42. The van der Waals surface area contributed by atoms with Gasteiger partial charge in [-0.05, 0) is 66.5 Å². The van der Waals surface area contributed by atoms with Gasteiger partial charge >= 0.3 is 6.09 Å². The van der Waals surface area contributed by atoms with Crippen molar-refractivity contribution >= 4 is 33.4 Å². The van der Waals surface area contributed by atoms with Gasteiger partial charge < -0.3 is 15.0 Å². The Morgan fingerprint density at radius 2 is 2.27 bits per heavy atom. The molecule has 1 aliphatic rings. The van der Waals surface area contributed by atoms with Gasteiger partial charge in [-0.1, -0.05) is 6.92 Å². The molecule has 6 heteroatoms. The number of nitrogens with zero attached hydrogens (tertiary/aromatic N) is 1. The first-order valence-electron chi connectivity index (χ1n) is 7.74. The van der Waals surface area contributed by atoms with Gasteiger partial charge in [-0.3, -0.25) is 0 Å².